The molecule has 2 N–H and O–H groups in total. The molecule has 8 heteroatoms. The summed E-state index contributed by atoms with van der Waals surface area (Å²) in [4.78, 5) is 11.9. The lowest BCUT2D eigenvalue weighted by Crippen LogP contribution is -2.37. The van der Waals surface area contributed by atoms with Crippen LogP contribution in [-0.4, -0.2) is 44.4 Å². The lowest BCUT2D eigenvalue weighted by Gasteiger charge is -2.14. The molecule has 1 aromatic heterocycles. The molecule has 0 aliphatic carbocycles. The number of benzene rings is 1. The maximum absolute atomic E-state index is 12.9. The van der Waals surface area contributed by atoms with Crippen LogP contribution in [0.5, 0.6) is 0 Å². The average Bonchev–Trinajstić information content (AvgIpc) is 2.65. The largest absolute Gasteiger partial charge is 0.363 e. The number of thioether (sulfide) groups is 1. The van der Waals surface area contributed by atoms with Crippen molar-refractivity contribution in [2.24, 2.45) is 4.99 Å². The van der Waals surface area contributed by atoms with Crippen molar-refractivity contribution in [2.75, 3.05) is 38.3 Å². The first kappa shape index (κ1) is 23.5. The highest BCUT2D eigenvalue weighted by atomic mass is 127. The minimum absolute atomic E-state index is 0. The summed E-state index contributed by atoms with van der Waals surface area (Å²) in [6.07, 6.45) is 0.983. The Morgan fingerprint density at radius 1 is 1.15 bits per heavy atom. The van der Waals surface area contributed by atoms with Crippen LogP contribution in [0.3, 0.4) is 0 Å². The second-order valence-electron chi connectivity index (χ2n) is 5.89. The molecular formula is C19H27FIN5S. The zero-order valence-electron chi connectivity index (χ0n) is 15.9. The van der Waals surface area contributed by atoms with Gasteiger partial charge in [0, 0.05) is 32.6 Å². The number of nitrogens with one attached hydrogen (secondary N) is 2. The molecule has 1 heterocycles. The second kappa shape index (κ2) is 12.8. The molecule has 2 rings (SSSR count). The van der Waals surface area contributed by atoms with Crippen molar-refractivity contribution >= 4 is 47.5 Å². The normalized spacial score (nSPS) is 10.9. The molecule has 0 aliphatic heterocycles. The number of aromatic nitrogens is 1. The van der Waals surface area contributed by atoms with E-state index >= 15 is 0 Å². The summed E-state index contributed by atoms with van der Waals surface area (Å²) in [6.45, 7) is 1.44. The third-order valence-corrected chi connectivity index (χ3v) is 4.71. The van der Waals surface area contributed by atoms with Gasteiger partial charge in [0.15, 0.2) is 5.96 Å². The van der Waals surface area contributed by atoms with Crippen LogP contribution in [0.2, 0.25) is 0 Å². The van der Waals surface area contributed by atoms with Gasteiger partial charge in [-0.25, -0.2) is 9.37 Å². The summed E-state index contributed by atoms with van der Waals surface area (Å²) < 4.78 is 12.9. The van der Waals surface area contributed by atoms with Crippen LogP contribution >= 0.6 is 35.7 Å². The molecule has 0 bridgehead atoms. The van der Waals surface area contributed by atoms with Crippen LogP contribution in [0, 0.1) is 5.82 Å². The van der Waals surface area contributed by atoms with Crippen molar-refractivity contribution in [1.82, 2.24) is 15.6 Å². The quantitative estimate of drug-likeness (QED) is 0.189. The maximum atomic E-state index is 12.9. The smallest absolute Gasteiger partial charge is 0.191 e. The highest BCUT2D eigenvalue weighted by Crippen LogP contribution is 2.18. The zero-order valence-corrected chi connectivity index (χ0v) is 19.1. The van der Waals surface area contributed by atoms with Crippen molar-refractivity contribution in [1.29, 1.82) is 0 Å². The fourth-order valence-corrected chi connectivity index (χ4v) is 3.06. The Balaban J connectivity index is 0.00000364. The van der Waals surface area contributed by atoms with Gasteiger partial charge in [0.1, 0.15) is 11.6 Å². The number of aliphatic imine (C=N–C) groups is 1. The summed E-state index contributed by atoms with van der Waals surface area (Å²) in [5.41, 5.74) is 0.964. The first-order valence-corrected chi connectivity index (χ1v) is 9.53. The highest BCUT2D eigenvalue weighted by molar-refractivity contribution is 14.0. The fourth-order valence-electron chi connectivity index (χ4n) is 2.21. The molecule has 0 saturated carbocycles. The van der Waals surface area contributed by atoms with Crippen LogP contribution < -0.4 is 15.5 Å². The number of hydrogen-bond acceptors (Lipinski definition) is 4. The van der Waals surface area contributed by atoms with E-state index in [2.05, 4.69) is 20.6 Å². The van der Waals surface area contributed by atoms with Gasteiger partial charge in [-0.15, -0.1) is 35.7 Å². The van der Waals surface area contributed by atoms with E-state index in [4.69, 9.17) is 0 Å². The van der Waals surface area contributed by atoms with E-state index in [0.29, 0.717) is 6.54 Å². The van der Waals surface area contributed by atoms with E-state index in [1.54, 1.807) is 18.8 Å². The standard InChI is InChI=1S/C19H26FN5S.HI/c1-21-19(23-14-16-6-4-7-18(24-16)25(2)3)22-12-5-13-26-17-10-8-15(20)9-11-17;/h4,6-11H,5,12-14H2,1-3H3,(H2,21,22,23);1H. The molecule has 1 aromatic carbocycles. The molecule has 148 valence electrons. The van der Waals surface area contributed by atoms with E-state index in [1.807, 2.05) is 49.3 Å². The van der Waals surface area contributed by atoms with Crippen molar-refractivity contribution < 1.29 is 4.39 Å². The first-order chi connectivity index (χ1) is 12.6. The zero-order chi connectivity index (χ0) is 18.8. The highest BCUT2D eigenvalue weighted by Gasteiger charge is 2.02. The maximum Gasteiger partial charge on any atom is 0.191 e. The SMILES string of the molecule is CN=C(NCCCSc1ccc(F)cc1)NCc1cccc(N(C)C)n1.I. The van der Waals surface area contributed by atoms with Gasteiger partial charge in [0.05, 0.1) is 12.2 Å². The third-order valence-electron chi connectivity index (χ3n) is 3.61. The van der Waals surface area contributed by atoms with Crippen molar-refractivity contribution in [3.8, 4) is 0 Å². The summed E-state index contributed by atoms with van der Waals surface area (Å²) >= 11 is 1.72. The molecule has 27 heavy (non-hydrogen) atoms. The number of nitrogens with zero attached hydrogens (tertiary/aromatic N) is 3. The molecule has 0 atom stereocenters. The number of guanidine groups is 1. The number of halogens is 2. The Bertz CT molecular complexity index is 710. The van der Waals surface area contributed by atoms with E-state index in [0.717, 1.165) is 41.1 Å². The van der Waals surface area contributed by atoms with Gasteiger partial charge in [0.2, 0.25) is 0 Å². The lowest BCUT2D eigenvalue weighted by atomic mass is 10.3. The minimum Gasteiger partial charge on any atom is -0.363 e. The van der Waals surface area contributed by atoms with Crippen LogP contribution in [0.15, 0.2) is 52.4 Å². The average molecular weight is 503 g/mol. The van der Waals surface area contributed by atoms with Crippen LogP contribution in [0.1, 0.15) is 12.1 Å². The van der Waals surface area contributed by atoms with Gasteiger partial charge in [-0.2, -0.15) is 0 Å². The second-order valence-corrected chi connectivity index (χ2v) is 7.06. The first-order valence-electron chi connectivity index (χ1n) is 8.54. The Kier molecular flexibility index (Phi) is 11.1. The Hall–Kier alpha value is -1.55. The molecule has 0 radical (unpaired) electrons. The molecule has 0 amide bonds. The topological polar surface area (TPSA) is 52.6 Å². The molecule has 0 spiro atoms. The lowest BCUT2D eigenvalue weighted by molar-refractivity contribution is 0.626. The molecule has 0 fully saturated rings. The molecule has 2 aromatic rings. The van der Waals surface area contributed by atoms with Gasteiger partial charge in [0.25, 0.3) is 0 Å². The van der Waals surface area contributed by atoms with Gasteiger partial charge >= 0.3 is 0 Å². The van der Waals surface area contributed by atoms with Crippen molar-refractivity contribution in [3.63, 3.8) is 0 Å². The predicted molar refractivity (Wildman–Crippen MR) is 124 cm³/mol. The van der Waals surface area contributed by atoms with E-state index in [1.165, 1.54) is 12.1 Å². The number of hydrogen-bond donors (Lipinski definition) is 2. The number of anilines is 1. The molecule has 0 aliphatic rings. The third kappa shape index (κ3) is 8.79. The van der Waals surface area contributed by atoms with Gasteiger partial charge in [-0.3, -0.25) is 4.99 Å². The summed E-state index contributed by atoms with van der Waals surface area (Å²) in [7, 11) is 5.71. The summed E-state index contributed by atoms with van der Waals surface area (Å²) in [6, 6.07) is 12.6. The van der Waals surface area contributed by atoms with E-state index < -0.39 is 0 Å². The van der Waals surface area contributed by atoms with Crippen LogP contribution in [0.25, 0.3) is 0 Å². The predicted octanol–water partition coefficient (Wildman–Crippen LogP) is 3.75. The fraction of sp³-hybridized carbons (Fsp3) is 0.368. The van der Waals surface area contributed by atoms with E-state index in [-0.39, 0.29) is 29.8 Å². The van der Waals surface area contributed by atoms with E-state index in [9.17, 15) is 4.39 Å². The minimum atomic E-state index is -0.198. The van der Waals surface area contributed by atoms with Crippen LogP contribution in [0.4, 0.5) is 10.2 Å². The summed E-state index contributed by atoms with van der Waals surface area (Å²) in [5.74, 6) is 2.46. The number of pyridine rings is 1. The van der Waals surface area contributed by atoms with Gasteiger partial charge in [-0.1, -0.05) is 6.07 Å². The Morgan fingerprint density at radius 2 is 1.89 bits per heavy atom. The van der Waals surface area contributed by atoms with Crippen molar-refractivity contribution in [3.05, 3.63) is 54.0 Å². The molecule has 0 unspecified atom stereocenters. The Labute approximate surface area is 182 Å². The number of rotatable bonds is 8. The molecule has 0 saturated heterocycles. The van der Waals surface area contributed by atoms with Crippen molar-refractivity contribution in [2.45, 2.75) is 17.9 Å². The van der Waals surface area contributed by atoms with Crippen LogP contribution in [-0.2, 0) is 6.54 Å². The summed E-state index contributed by atoms with van der Waals surface area (Å²) in [5, 5.41) is 6.58. The Morgan fingerprint density at radius 3 is 2.56 bits per heavy atom. The molecular weight excluding hydrogens is 476 g/mol. The monoisotopic (exact) mass is 503 g/mol. The van der Waals surface area contributed by atoms with Gasteiger partial charge < -0.3 is 15.5 Å². The molecule has 5 nitrogen and oxygen atoms in total. The van der Waals surface area contributed by atoms with Gasteiger partial charge in [-0.05, 0) is 48.6 Å².